The highest BCUT2D eigenvalue weighted by Gasteiger charge is 2.36. The van der Waals surface area contributed by atoms with E-state index < -0.39 is 12.3 Å². The highest BCUT2D eigenvalue weighted by molar-refractivity contribution is 7.13. The Morgan fingerprint density at radius 2 is 2.26 bits per heavy atom. The van der Waals surface area contributed by atoms with Crippen LogP contribution in [0.15, 0.2) is 17.5 Å². The number of ether oxygens (including phenoxy) is 2. The summed E-state index contributed by atoms with van der Waals surface area (Å²) in [6.45, 7) is 4.02. The van der Waals surface area contributed by atoms with E-state index in [4.69, 9.17) is 26.1 Å². The maximum absolute atomic E-state index is 11.6. The van der Waals surface area contributed by atoms with Crippen LogP contribution < -0.4 is 0 Å². The predicted octanol–water partition coefficient (Wildman–Crippen LogP) is 4.99. The number of nitrogens with zero attached hydrogens (tertiary/aromatic N) is 4. The van der Waals surface area contributed by atoms with Crippen molar-refractivity contribution in [3.05, 3.63) is 28.5 Å². The number of hydrogen-bond donors (Lipinski definition) is 0. The fourth-order valence-electron chi connectivity index (χ4n) is 3.55. The van der Waals surface area contributed by atoms with E-state index in [-0.39, 0.29) is 11.1 Å². The van der Waals surface area contributed by atoms with Gasteiger partial charge in [0.05, 0.1) is 11.5 Å². The van der Waals surface area contributed by atoms with E-state index in [2.05, 4.69) is 28.7 Å². The number of esters is 1. The minimum Gasteiger partial charge on any atom is -0.458 e. The van der Waals surface area contributed by atoms with Gasteiger partial charge in [0.25, 0.3) is 0 Å². The molecule has 2 unspecified atom stereocenters. The van der Waals surface area contributed by atoms with Gasteiger partial charge in [0.1, 0.15) is 11.6 Å². The normalized spacial score (nSPS) is 18.2. The second-order valence-corrected chi connectivity index (χ2v) is 8.56. The molecule has 4 heterocycles. The van der Waals surface area contributed by atoms with Gasteiger partial charge in [0.15, 0.2) is 22.9 Å². The van der Waals surface area contributed by atoms with Crippen molar-refractivity contribution in [2.24, 2.45) is 0 Å². The summed E-state index contributed by atoms with van der Waals surface area (Å²) in [5.41, 5.74) is 0.990. The van der Waals surface area contributed by atoms with Crippen molar-refractivity contribution >= 4 is 40.1 Å². The molecule has 0 radical (unpaired) electrons. The highest BCUT2D eigenvalue weighted by Crippen LogP contribution is 2.37. The third kappa shape index (κ3) is 4.74. The van der Waals surface area contributed by atoms with Gasteiger partial charge in [-0.05, 0) is 23.8 Å². The van der Waals surface area contributed by atoms with E-state index in [1.165, 1.54) is 6.92 Å². The van der Waals surface area contributed by atoms with Gasteiger partial charge in [-0.15, -0.1) is 11.3 Å². The van der Waals surface area contributed by atoms with Crippen molar-refractivity contribution < 1.29 is 14.3 Å². The Kier molecular flexibility index (Phi) is 6.86. The van der Waals surface area contributed by atoms with Crippen molar-refractivity contribution in [2.75, 3.05) is 6.61 Å². The standard InChI is InChI=1S/C22H23ClN4O3S/c1-3-4-5-6-7-10-17-24-19(23)18-21(25-17)27(20(26-18)16-9-8-13-31-16)22-15(11-12-29-22)30-14(2)28/h8-9,13,15,22H,3-6,11-12H2,1-2H3. The molecule has 0 amide bonds. The number of thiophene rings is 1. The molecule has 1 fully saturated rings. The number of carbonyl (C=O) groups is 1. The summed E-state index contributed by atoms with van der Waals surface area (Å²) in [5.74, 6) is 6.79. The maximum atomic E-state index is 11.6. The quantitative estimate of drug-likeness (QED) is 0.224. The number of hydrogen-bond acceptors (Lipinski definition) is 7. The molecule has 2 atom stereocenters. The van der Waals surface area contributed by atoms with Crippen molar-refractivity contribution in [1.82, 2.24) is 19.5 Å². The molecule has 0 saturated carbocycles. The van der Waals surface area contributed by atoms with Gasteiger partial charge in [0, 0.05) is 19.8 Å². The Labute approximate surface area is 189 Å². The van der Waals surface area contributed by atoms with E-state index in [1.807, 2.05) is 22.1 Å². The van der Waals surface area contributed by atoms with Gasteiger partial charge in [0.2, 0.25) is 5.82 Å². The number of halogens is 1. The second kappa shape index (κ2) is 9.77. The van der Waals surface area contributed by atoms with Crippen LogP contribution in [0.5, 0.6) is 0 Å². The topological polar surface area (TPSA) is 79.1 Å². The third-order valence-electron chi connectivity index (χ3n) is 4.93. The highest BCUT2D eigenvalue weighted by atomic mass is 35.5. The zero-order valence-electron chi connectivity index (χ0n) is 17.4. The summed E-state index contributed by atoms with van der Waals surface area (Å²) in [6.07, 6.45) is 3.71. The lowest BCUT2D eigenvalue weighted by atomic mass is 10.2. The minimum atomic E-state index is -0.553. The molecular formula is C22H23ClN4O3S. The largest absolute Gasteiger partial charge is 0.458 e. The number of fused-ring (bicyclic) bond motifs is 1. The summed E-state index contributed by atoms with van der Waals surface area (Å²) < 4.78 is 13.4. The molecule has 0 spiro atoms. The van der Waals surface area contributed by atoms with Gasteiger partial charge in [-0.25, -0.2) is 15.0 Å². The van der Waals surface area contributed by atoms with Crippen LogP contribution in [0.1, 0.15) is 58.0 Å². The molecule has 4 rings (SSSR count). The van der Waals surface area contributed by atoms with Crippen LogP contribution in [0, 0.1) is 11.8 Å². The van der Waals surface area contributed by atoms with Crippen LogP contribution >= 0.6 is 22.9 Å². The smallest absolute Gasteiger partial charge is 0.303 e. The summed E-state index contributed by atoms with van der Waals surface area (Å²) in [5, 5.41) is 2.21. The number of carbonyl (C=O) groups excluding carboxylic acids is 1. The average molecular weight is 459 g/mol. The predicted molar refractivity (Wildman–Crippen MR) is 120 cm³/mol. The monoisotopic (exact) mass is 458 g/mol. The molecule has 0 aliphatic carbocycles. The molecule has 1 aliphatic heterocycles. The number of unbranched alkanes of at least 4 members (excludes halogenated alkanes) is 3. The van der Waals surface area contributed by atoms with E-state index in [0.29, 0.717) is 35.8 Å². The SMILES string of the molecule is CCCCCC#Cc1nc(Cl)c2nc(-c3cccs3)n(C3OCCC3OC(C)=O)c2n1. The van der Waals surface area contributed by atoms with Crippen LogP contribution in [-0.2, 0) is 14.3 Å². The van der Waals surface area contributed by atoms with Crippen LogP contribution in [0.4, 0.5) is 0 Å². The first-order valence-corrected chi connectivity index (χ1v) is 11.6. The first-order valence-electron chi connectivity index (χ1n) is 10.4. The van der Waals surface area contributed by atoms with E-state index in [0.717, 1.165) is 30.6 Å². The molecule has 0 bridgehead atoms. The fraction of sp³-hybridized carbons (Fsp3) is 0.455. The molecule has 0 N–H and O–H groups in total. The maximum Gasteiger partial charge on any atom is 0.303 e. The average Bonchev–Trinajstić information content (AvgIpc) is 3.46. The Bertz CT molecular complexity index is 1130. The zero-order chi connectivity index (χ0) is 21.8. The summed E-state index contributed by atoms with van der Waals surface area (Å²) >= 11 is 8.03. The Morgan fingerprint density at radius 1 is 1.39 bits per heavy atom. The minimum absolute atomic E-state index is 0.237. The molecule has 0 aromatic carbocycles. The van der Waals surface area contributed by atoms with Crippen molar-refractivity contribution in [3.8, 4) is 22.5 Å². The first kappa shape index (κ1) is 21.8. The van der Waals surface area contributed by atoms with Crippen molar-refractivity contribution in [1.29, 1.82) is 0 Å². The first-order chi connectivity index (χ1) is 15.1. The lowest BCUT2D eigenvalue weighted by Crippen LogP contribution is -2.25. The Hall–Kier alpha value is -2.47. The van der Waals surface area contributed by atoms with Crippen molar-refractivity contribution in [3.63, 3.8) is 0 Å². The van der Waals surface area contributed by atoms with Crippen molar-refractivity contribution in [2.45, 2.75) is 58.3 Å². The summed E-state index contributed by atoms with van der Waals surface area (Å²) in [7, 11) is 0. The van der Waals surface area contributed by atoms with Crippen LogP contribution in [0.2, 0.25) is 5.15 Å². The van der Waals surface area contributed by atoms with Gasteiger partial charge >= 0.3 is 5.97 Å². The lowest BCUT2D eigenvalue weighted by Gasteiger charge is -2.21. The van der Waals surface area contributed by atoms with E-state index >= 15 is 0 Å². The van der Waals surface area contributed by atoms with Gasteiger partial charge in [-0.1, -0.05) is 43.4 Å². The second-order valence-electron chi connectivity index (χ2n) is 7.25. The number of imidazole rings is 1. The molecule has 9 heteroatoms. The Morgan fingerprint density at radius 3 is 3.00 bits per heavy atom. The van der Waals surface area contributed by atoms with Crippen LogP contribution in [0.25, 0.3) is 21.9 Å². The molecule has 1 aliphatic rings. The van der Waals surface area contributed by atoms with Crippen LogP contribution in [-0.4, -0.2) is 38.2 Å². The molecule has 1 saturated heterocycles. The Balaban J connectivity index is 1.81. The molecule has 162 valence electrons. The zero-order valence-corrected chi connectivity index (χ0v) is 19.0. The van der Waals surface area contributed by atoms with E-state index in [9.17, 15) is 4.79 Å². The molecule has 7 nitrogen and oxygen atoms in total. The fourth-order valence-corrected chi connectivity index (χ4v) is 4.47. The molecular weight excluding hydrogens is 436 g/mol. The third-order valence-corrected chi connectivity index (χ3v) is 6.05. The number of rotatable bonds is 6. The van der Waals surface area contributed by atoms with Gasteiger partial charge < -0.3 is 9.47 Å². The van der Waals surface area contributed by atoms with E-state index in [1.54, 1.807) is 11.3 Å². The summed E-state index contributed by atoms with van der Waals surface area (Å²) in [6, 6.07) is 3.91. The number of aromatic nitrogens is 4. The lowest BCUT2D eigenvalue weighted by molar-refractivity contribution is -0.151. The molecule has 31 heavy (non-hydrogen) atoms. The summed E-state index contributed by atoms with van der Waals surface area (Å²) in [4.78, 5) is 26.3. The van der Waals surface area contributed by atoms with Gasteiger partial charge in [-0.2, -0.15) is 0 Å². The van der Waals surface area contributed by atoms with Crippen LogP contribution in [0.3, 0.4) is 0 Å². The molecule has 3 aromatic rings. The van der Waals surface area contributed by atoms with Gasteiger partial charge in [-0.3, -0.25) is 9.36 Å². The molecule has 3 aromatic heterocycles.